The van der Waals surface area contributed by atoms with E-state index in [2.05, 4.69) is 4.74 Å². The summed E-state index contributed by atoms with van der Waals surface area (Å²) >= 11 is 0. The monoisotopic (exact) mass is 524 g/mol. The highest BCUT2D eigenvalue weighted by molar-refractivity contribution is 5.69. The van der Waals surface area contributed by atoms with Gasteiger partial charge in [-0.25, -0.2) is 4.79 Å². The summed E-state index contributed by atoms with van der Waals surface area (Å²) in [5, 5.41) is 12.4. The van der Waals surface area contributed by atoms with Crippen molar-refractivity contribution < 1.29 is 46.6 Å². The number of rotatable bonds is 7. The summed E-state index contributed by atoms with van der Waals surface area (Å²) in [7, 11) is 0. The molecule has 2 atom stereocenters. The van der Waals surface area contributed by atoms with E-state index in [1.165, 1.54) is 23.1 Å². The Hall–Kier alpha value is -3.47. The predicted molar refractivity (Wildman–Crippen MR) is 126 cm³/mol. The van der Waals surface area contributed by atoms with E-state index >= 15 is 0 Å². The SMILES string of the molecule is CC(C)(C)OC(=O)N1CC[N+](Cc2ccccc2)(C(=O)[O-])C[C@H]1CCOc1ccccc1OC(F)(F)F. The molecule has 0 radical (unpaired) electrons. The molecule has 202 valence electrons. The van der Waals surface area contributed by atoms with E-state index in [0.29, 0.717) is 0 Å². The number of hydrogen-bond acceptors (Lipinski definition) is 6. The molecule has 1 aliphatic heterocycles. The zero-order chi connectivity index (χ0) is 27.3. The number of halogens is 3. The smallest absolute Gasteiger partial charge is 0.498 e. The molecule has 8 nitrogen and oxygen atoms in total. The second-order valence-corrected chi connectivity index (χ2v) is 9.92. The molecule has 1 fully saturated rings. The molecule has 0 aromatic heterocycles. The lowest BCUT2D eigenvalue weighted by molar-refractivity contribution is -0.895. The summed E-state index contributed by atoms with van der Waals surface area (Å²) in [6.07, 6.45) is -6.63. The van der Waals surface area contributed by atoms with E-state index in [-0.39, 0.29) is 45.0 Å². The first-order chi connectivity index (χ1) is 17.3. The van der Waals surface area contributed by atoms with Gasteiger partial charge in [0.25, 0.3) is 6.09 Å². The fourth-order valence-corrected chi connectivity index (χ4v) is 4.27. The maximum Gasteiger partial charge on any atom is 0.573 e. The number of amides is 2. The molecule has 1 aliphatic rings. The zero-order valence-electron chi connectivity index (χ0n) is 21.0. The summed E-state index contributed by atoms with van der Waals surface area (Å²) in [5.41, 5.74) is 0.0268. The van der Waals surface area contributed by atoms with Crippen molar-refractivity contribution >= 4 is 12.2 Å². The molecule has 1 unspecified atom stereocenters. The third-order valence-corrected chi connectivity index (χ3v) is 5.90. The summed E-state index contributed by atoms with van der Waals surface area (Å²) in [6, 6.07) is 13.8. The molecular weight excluding hydrogens is 493 g/mol. The van der Waals surface area contributed by atoms with Crippen LogP contribution < -0.4 is 14.6 Å². The minimum Gasteiger partial charge on any atom is -0.498 e. The van der Waals surface area contributed by atoms with Crippen molar-refractivity contribution in [1.29, 1.82) is 0 Å². The summed E-state index contributed by atoms with van der Waals surface area (Å²) in [6.45, 7) is 5.45. The topological polar surface area (TPSA) is 88.1 Å². The number of hydrogen-bond donors (Lipinski definition) is 0. The molecule has 0 aliphatic carbocycles. The highest BCUT2D eigenvalue weighted by atomic mass is 19.4. The molecule has 37 heavy (non-hydrogen) atoms. The minimum atomic E-state index is -4.89. The van der Waals surface area contributed by atoms with Gasteiger partial charge in [-0.15, -0.1) is 13.2 Å². The van der Waals surface area contributed by atoms with E-state index in [0.717, 1.165) is 11.6 Å². The second kappa shape index (κ2) is 11.3. The van der Waals surface area contributed by atoms with Crippen LogP contribution in [-0.2, 0) is 11.3 Å². The third-order valence-electron chi connectivity index (χ3n) is 5.90. The molecule has 0 N–H and O–H groups in total. The molecule has 11 heteroatoms. The van der Waals surface area contributed by atoms with Crippen LogP contribution in [0, 0.1) is 0 Å². The molecule has 0 spiro atoms. The number of alkyl halides is 3. The maximum atomic E-state index is 13.0. The van der Waals surface area contributed by atoms with Crippen molar-refractivity contribution in [3.8, 4) is 11.5 Å². The van der Waals surface area contributed by atoms with Crippen LogP contribution in [0.25, 0.3) is 0 Å². The largest absolute Gasteiger partial charge is 0.573 e. The average Bonchev–Trinajstić information content (AvgIpc) is 2.79. The zero-order valence-corrected chi connectivity index (χ0v) is 21.0. The first-order valence-corrected chi connectivity index (χ1v) is 11.9. The molecule has 3 rings (SSSR count). The van der Waals surface area contributed by atoms with Crippen LogP contribution in [0.5, 0.6) is 11.5 Å². The van der Waals surface area contributed by atoms with Crippen molar-refractivity contribution in [3.63, 3.8) is 0 Å². The number of carboxylic acid groups (broad SMARTS) is 1. The van der Waals surface area contributed by atoms with Crippen molar-refractivity contribution in [1.82, 2.24) is 4.90 Å². The Morgan fingerprint density at radius 2 is 1.65 bits per heavy atom. The normalized spacial score (nSPS) is 20.3. The highest BCUT2D eigenvalue weighted by Crippen LogP contribution is 2.32. The molecule has 2 amide bonds. The molecular formula is C26H31F3N2O6. The van der Waals surface area contributed by atoms with Gasteiger partial charge in [-0.05, 0) is 32.9 Å². The lowest BCUT2D eigenvalue weighted by Gasteiger charge is -2.48. The maximum absolute atomic E-state index is 13.0. The Kier molecular flexibility index (Phi) is 8.57. The van der Waals surface area contributed by atoms with Gasteiger partial charge in [0.2, 0.25) is 0 Å². The lowest BCUT2D eigenvalue weighted by atomic mass is 10.0. The Balaban J connectivity index is 1.80. The average molecular weight is 525 g/mol. The van der Waals surface area contributed by atoms with Crippen LogP contribution in [-0.4, -0.2) is 65.8 Å². The van der Waals surface area contributed by atoms with Gasteiger partial charge < -0.3 is 24.1 Å². The van der Waals surface area contributed by atoms with Crippen molar-refractivity contribution in [2.45, 2.75) is 51.7 Å². The lowest BCUT2D eigenvalue weighted by Crippen LogP contribution is -2.69. The quantitative estimate of drug-likeness (QED) is 0.501. The summed E-state index contributed by atoms with van der Waals surface area (Å²) in [4.78, 5) is 26.8. The number of piperazine rings is 1. The van der Waals surface area contributed by atoms with Crippen LogP contribution >= 0.6 is 0 Å². The van der Waals surface area contributed by atoms with Crippen molar-refractivity contribution in [3.05, 3.63) is 60.2 Å². The summed E-state index contributed by atoms with van der Waals surface area (Å²) < 4.78 is 53.0. The standard InChI is InChI=1S/C26H31F3N2O6/c1-25(2,3)37-23(32)30-14-15-31(24(33)34,17-19-9-5-4-6-10-19)18-20(30)13-16-35-21-11-7-8-12-22(21)36-26(27,28)29/h4-12,20H,13-18H2,1-3H3/t20-,31?/m1/s1. The molecule has 2 aromatic rings. The molecule has 0 saturated carbocycles. The van der Waals surface area contributed by atoms with Crippen molar-refractivity contribution in [2.24, 2.45) is 0 Å². The Morgan fingerprint density at radius 1 is 1.03 bits per heavy atom. The van der Waals surface area contributed by atoms with Crippen LogP contribution in [0.4, 0.5) is 22.8 Å². The van der Waals surface area contributed by atoms with Crippen LogP contribution in [0.15, 0.2) is 54.6 Å². The predicted octanol–water partition coefficient (Wildman–Crippen LogP) is 4.33. The van der Waals surface area contributed by atoms with Gasteiger partial charge in [0.15, 0.2) is 11.5 Å². The number of carbonyl (C=O) groups excluding carboxylic acids is 2. The third kappa shape index (κ3) is 8.01. The van der Waals surface area contributed by atoms with Gasteiger partial charge in [0.05, 0.1) is 19.2 Å². The highest BCUT2D eigenvalue weighted by Gasteiger charge is 2.44. The van der Waals surface area contributed by atoms with Crippen LogP contribution in [0.1, 0.15) is 32.8 Å². The number of quaternary nitrogens is 1. The first kappa shape index (κ1) is 28.1. The Morgan fingerprint density at radius 3 is 2.24 bits per heavy atom. The number of para-hydroxylation sites is 2. The van der Waals surface area contributed by atoms with Gasteiger partial charge in [-0.2, -0.15) is 0 Å². The second-order valence-electron chi connectivity index (χ2n) is 9.92. The first-order valence-electron chi connectivity index (χ1n) is 11.9. The van der Waals surface area contributed by atoms with Crippen molar-refractivity contribution in [2.75, 3.05) is 26.2 Å². The summed E-state index contributed by atoms with van der Waals surface area (Å²) in [5.74, 6) is -0.615. The van der Waals surface area contributed by atoms with E-state index in [9.17, 15) is 27.9 Å². The van der Waals surface area contributed by atoms with Gasteiger partial charge >= 0.3 is 12.5 Å². The Labute approximate surface area is 213 Å². The number of benzene rings is 2. The van der Waals surface area contributed by atoms with Gasteiger partial charge in [0, 0.05) is 12.0 Å². The van der Waals surface area contributed by atoms with Gasteiger partial charge in [-0.1, -0.05) is 42.5 Å². The number of nitrogens with zero attached hydrogens (tertiary/aromatic N) is 2. The number of carbonyl (C=O) groups is 2. The van der Waals surface area contributed by atoms with Crippen LogP contribution in [0.3, 0.4) is 0 Å². The van der Waals surface area contributed by atoms with E-state index in [1.807, 2.05) is 30.3 Å². The van der Waals surface area contributed by atoms with E-state index in [4.69, 9.17) is 9.47 Å². The van der Waals surface area contributed by atoms with Gasteiger partial charge in [0.1, 0.15) is 25.2 Å². The van der Waals surface area contributed by atoms with Gasteiger partial charge in [-0.3, -0.25) is 9.38 Å². The molecule has 1 saturated heterocycles. The van der Waals surface area contributed by atoms with E-state index < -0.39 is 40.4 Å². The van der Waals surface area contributed by atoms with Crippen LogP contribution in [0.2, 0.25) is 0 Å². The number of ether oxygens (including phenoxy) is 3. The Bertz CT molecular complexity index is 1070. The molecule has 2 aromatic carbocycles. The molecule has 1 heterocycles. The molecule has 0 bridgehead atoms. The fourth-order valence-electron chi connectivity index (χ4n) is 4.27. The minimum absolute atomic E-state index is 0.0144. The van der Waals surface area contributed by atoms with E-state index in [1.54, 1.807) is 20.8 Å². The fraction of sp³-hybridized carbons (Fsp3) is 0.462.